The van der Waals surface area contributed by atoms with Gasteiger partial charge >= 0.3 is 5.97 Å². The number of ketones is 1. The molecule has 3 saturated carbocycles. The lowest BCUT2D eigenvalue weighted by molar-refractivity contribution is -0.302. The molecule has 4 bridgehead atoms. The third-order valence-corrected chi connectivity index (χ3v) is 8.52. The minimum Gasteiger partial charge on any atom is -0.461 e. The lowest BCUT2D eigenvalue weighted by Crippen LogP contribution is -2.73. The lowest BCUT2D eigenvalue weighted by atomic mass is 9.42. The lowest BCUT2D eigenvalue weighted by Gasteiger charge is -2.65. The summed E-state index contributed by atoms with van der Waals surface area (Å²) in [5.41, 5.74) is -0.712. The van der Waals surface area contributed by atoms with Crippen LogP contribution < -0.4 is 0 Å². The molecular formula is C20H24O5. The molecule has 6 aliphatic rings. The van der Waals surface area contributed by atoms with Crippen LogP contribution in [0.3, 0.4) is 0 Å². The molecular weight excluding hydrogens is 320 g/mol. The van der Waals surface area contributed by atoms with E-state index in [1.807, 2.05) is 0 Å². The first-order valence-electron chi connectivity index (χ1n) is 9.54. The van der Waals surface area contributed by atoms with Crippen molar-refractivity contribution >= 4 is 11.8 Å². The fourth-order valence-electron chi connectivity index (χ4n) is 7.70. The molecule has 5 heteroatoms. The number of carbonyl (C=O) groups is 2. The van der Waals surface area contributed by atoms with Crippen LogP contribution in [0.4, 0.5) is 0 Å². The number of Topliss-reactive ketones (excluding diaryl/α,β-unsaturated/α-hetero) is 1. The zero-order valence-corrected chi connectivity index (χ0v) is 14.7. The minimum atomic E-state index is -1.08. The van der Waals surface area contributed by atoms with Gasteiger partial charge in [0.2, 0.25) is 0 Å². The molecule has 134 valence electrons. The van der Waals surface area contributed by atoms with Gasteiger partial charge < -0.3 is 14.2 Å². The zero-order valence-electron chi connectivity index (χ0n) is 14.7. The van der Waals surface area contributed by atoms with Crippen LogP contribution >= 0.6 is 0 Å². The number of fused-ring (bicyclic) bond motifs is 1. The topological polar surface area (TPSA) is 61.8 Å². The van der Waals surface area contributed by atoms with Gasteiger partial charge in [-0.15, -0.1) is 0 Å². The average molecular weight is 344 g/mol. The second-order valence-corrected chi connectivity index (χ2v) is 9.81. The van der Waals surface area contributed by atoms with Crippen molar-refractivity contribution in [3.05, 3.63) is 12.2 Å². The molecule has 0 aromatic carbocycles. The maximum atomic E-state index is 13.2. The molecule has 3 saturated heterocycles. The molecule has 0 aromatic rings. The van der Waals surface area contributed by atoms with E-state index in [0.29, 0.717) is 18.6 Å². The van der Waals surface area contributed by atoms with E-state index in [1.165, 1.54) is 0 Å². The third kappa shape index (κ3) is 1.34. The Balaban J connectivity index is 1.62. The molecule has 6 fully saturated rings. The number of allylic oxidation sites excluding steroid dienone is 1. The summed E-state index contributed by atoms with van der Waals surface area (Å²) in [6.45, 7) is 9.11. The van der Waals surface area contributed by atoms with Gasteiger partial charge in [0.25, 0.3) is 0 Å². The van der Waals surface area contributed by atoms with Gasteiger partial charge in [0.15, 0.2) is 12.1 Å². The highest BCUT2D eigenvalue weighted by molar-refractivity contribution is 6.15. The van der Waals surface area contributed by atoms with Gasteiger partial charge in [0.05, 0.1) is 12.7 Å². The Morgan fingerprint density at radius 2 is 2.00 bits per heavy atom. The van der Waals surface area contributed by atoms with Gasteiger partial charge in [-0.2, -0.15) is 0 Å². The second kappa shape index (κ2) is 4.04. The number of hydrogen-bond acceptors (Lipinski definition) is 5. The Morgan fingerprint density at radius 3 is 2.80 bits per heavy atom. The normalized spacial score (nSPS) is 57.3. The SMILES string of the molecule is C=C1C(=O)C23CC1C[C@H]1O[C@@H]4OC[C@]5([C@H](CCC(C)(C)[C@@H]45)OC2=O)[C@H]13. The standard InChI is InChI=1S/C20H24O5/c1-9-10-6-11-13-19(7-10,15(9)21)17(22)25-12-4-5-18(2,3)14-16(24-11)23-8-20(12,13)14/h10-14,16H,1,4-8H2,2-3H3/t10?,11-,12+,13-,14-,16+,19?,20+/m1/s1. The van der Waals surface area contributed by atoms with E-state index in [4.69, 9.17) is 14.2 Å². The fraction of sp³-hybridized carbons (Fsp3) is 0.800. The van der Waals surface area contributed by atoms with E-state index in [1.54, 1.807) is 0 Å². The van der Waals surface area contributed by atoms with Crippen LogP contribution in [0, 0.1) is 34.0 Å². The molecule has 25 heavy (non-hydrogen) atoms. The maximum absolute atomic E-state index is 13.2. The first kappa shape index (κ1) is 14.9. The van der Waals surface area contributed by atoms with E-state index in [2.05, 4.69) is 20.4 Å². The minimum absolute atomic E-state index is 0.0433. The van der Waals surface area contributed by atoms with Crippen molar-refractivity contribution in [3.8, 4) is 0 Å². The molecule has 5 nitrogen and oxygen atoms in total. The van der Waals surface area contributed by atoms with Gasteiger partial charge in [-0.25, -0.2) is 0 Å². The summed E-state index contributed by atoms with van der Waals surface area (Å²) in [6.07, 6.45) is 2.68. The summed E-state index contributed by atoms with van der Waals surface area (Å²) in [5.74, 6) is -0.319. The average Bonchev–Trinajstić information content (AvgIpc) is 2.96. The molecule has 2 unspecified atom stereocenters. The number of hydrogen-bond donors (Lipinski definition) is 0. The van der Waals surface area contributed by atoms with Gasteiger partial charge in [-0.05, 0) is 42.6 Å². The zero-order chi connectivity index (χ0) is 17.4. The van der Waals surface area contributed by atoms with Gasteiger partial charge in [-0.3, -0.25) is 9.59 Å². The maximum Gasteiger partial charge on any atom is 0.320 e. The number of ether oxygens (including phenoxy) is 3. The van der Waals surface area contributed by atoms with Gasteiger partial charge in [-0.1, -0.05) is 20.4 Å². The molecule has 3 aliphatic heterocycles. The van der Waals surface area contributed by atoms with E-state index in [-0.39, 0.29) is 58.8 Å². The molecule has 0 N–H and O–H groups in total. The Labute approximate surface area is 147 Å². The van der Waals surface area contributed by atoms with E-state index >= 15 is 0 Å². The van der Waals surface area contributed by atoms with E-state index in [9.17, 15) is 9.59 Å². The van der Waals surface area contributed by atoms with Crippen molar-refractivity contribution in [1.29, 1.82) is 0 Å². The quantitative estimate of drug-likeness (QED) is 0.383. The van der Waals surface area contributed by atoms with Crippen molar-refractivity contribution < 1.29 is 23.8 Å². The summed E-state index contributed by atoms with van der Waals surface area (Å²) in [5, 5.41) is 0. The smallest absolute Gasteiger partial charge is 0.320 e. The fourth-order valence-corrected chi connectivity index (χ4v) is 7.70. The molecule has 8 atom stereocenters. The van der Waals surface area contributed by atoms with Crippen LogP contribution in [0.1, 0.15) is 39.5 Å². The first-order chi connectivity index (χ1) is 11.8. The highest BCUT2D eigenvalue weighted by atomic mass is 16.7. The van der Waals surface area contributed by atoms with E-state index in [0.717, 1.165) is 19.3 Å². The van der Waals surface area contributed by atoms with Crippen molar-refractivity contribution in [2.45, 2.75) is 58.0 Å². The Kier molecular flexibility index (Phi) is 2.41. The molecule has 0 aromatic heterocycles. The van der Waals surface area contributed by atoms with Crippen LogP contribution in [-0.4, -0.2) is 36.9 Å². The molecule has 3 heterocycles. The largest absolute Gasteiger partial charge is 0.461 e. The molecule has 6 rings (SSSR count). The number of carbonyl (C=O) groups excluding carboxylic acids is 2. The van der Waals surface area contributed by atoms with Crippen LogP contribution in [0.25, 0.3) is 0 Å². The first-order valence-corrected chi connectivity index (χ1v) is 9.54. The third-order valence-electron chi connectivity index (χ3n) is 8.52. The highest BCUT2D eigenvalue weighted by Crippen LogP contribution is 2.74. The summed E-state index contributed by atoms with van der Waals surface area (Å²) < 4.78 is 18.6. The van der Waals surface area contributed by atoms with Crippen LogP contribution in [-0.2, 0) is 23.8 Å². The Hall–Kier alpha value is -1.20. The molecule has 3 aliphatic carbocycles. The van der Waals surface area contributed by atoms with Crippen molar-refractivity contribution in [1.82, 2.24) is 0 Å². The van der Waals surface area contributed by atoms with Gasteiger partial charge in [0.1, 0.15) is 11.5 Å². The Bertz CT molecular complexity index is 740. The molecule has 2 spiro atoms. The van der Waals surface area contributed by atoms with Crippen molar-refractivity contribution in [3.63, 3.8) is 0 Å². The van der Waals surface area contributed by atoms with Crippen LogP contribution in [0.5, 0.6) is 0 Å². The summed E-state index contributed by atoms with van der Waals surface area (Å²) in [4.78, 5) is 26.4. The predicted octanol–water partition coefficient (Wildman–Crippen LogP) is 2.24. The Morgan fingerprint density at radius 1 is 1.20 bits per heavy atom. The van der Waals surface area contributed by atoms with Gasteiger partial charge in [0, 0.05) is 17.3 Å². The summed E-state index contributed by atoms with van der Waals surface area (Å²) in [6, 6.07) is 0. The predicted molar refractivity (Wildman–Crippen MR) is 86.2 cm³/mol. The number of rotatable bonds is 0. The summed E-state index contributed by atoms with van der Waals surface area (Å²) >= 11 is 0. The van der Waals surface area contributed by atoms with Crippen molar-refractivity contribution in [2.24, 2.45) is 34.0 Å². The molecule has 0 radical (unpaired) electrons. The van der Waals surface area contributed by atoms with Crippen LogP contribution in [0.2, 0.25) is 0 Å². The molecule has 0 amide bonds. The summed E-state index contributed by atoms with van der Waals surface area (Å²) in [7, 11) is 0. The monoisotopic (exact) mass is 344 g/mol. The van der Waals surface area contributed by atoms with Crippen molar-refractivity contribution in [2.75, 3.05) is 6.61 Å². The van der Waals surface area contributed by atoms with Crippen LogP contribution in [0.15, 0.2) is 12.2 Å². The second-order valence-electron chi connectivity index (χ2n) is 9.81. The number of esters is 1. The van der Waals surface area contributed by atoms with E-state index < -0.39 is 5.41 Å². The highest BCUT2D eigenvalue weighted by Gasteiger charge is 2.81.